The molecule has 5 heteroatoms. The van der Waals surface area contributed by atoms with Gasteiger partial charge in [-0.25, -0.2) is 9.37 Å². The maximum Gasteiger partial charge on any atom is 0.258 e. The number of aryl methyl sites for hydroxylation is 1. The van der Waals surface area contributed by atoms with E-state index in [0.717, 1.165) is 5.56 Å². The Kier molecular flexibility index (Phi) is 4.21. The van der Waals surface area contributed by atoms with E-state index in [1.807, 2.05) is 37.1 Å². The first-order chi connectivity index (χ1) is 11.0. The van der Waals surface area contributed by atoms with Crippen molar-refractivity contribution in [3.63, 3.8) is 0 Å². The Morgan fingerprint density at radius 1 is 1.17 bits per heavy atom. The molecule has 0 aliphatic carbocycles. The van der Waals surface area contributed by atoms with Gasteiger partial charge >= 0.3 is 0 Å². The topological polar surface area (TPSA) is 37.6 Å². The first-order valence-electron chi connectivity index (χ1n) is 7.44. The molecular formula is C18H18FN3O. The van der Waals surface area contributed by atoms with Gasteiger partial charge in [-0.3, -0.25) is 14.1 Å². The highest BCUT2D eigenvalue weighted by molar-refractivity contribution is 5.39. The molecule has 0 N–H and O–H groups in total. The number of hydrogen-bond donors (Lipinski definition) is 0. The smallest absolute Gasteiger partial charge is 0.258 e. The average molecular weight is 311 g/mol. The van der Waals surface area contributed by atoms with E-state index in [1.165, 1.54) is 16.5 Å². The third-order valence-corrected chi connectivity index (χ3v) is 3.69. The summed E-state index contributed by atoms with van der Waals surface area (Å²) in [6, 6.07) is 12.0. The largest absolute Gasteiger partial charge is 0.296 e. The van der Waals surface area contributed by atoms with Crippen molar-refractivity contribution in [3.05, 3.63) is 81.7 Å². The molecule has 0 aliphatic heterocycles. The van der Waals surface area contributed by atoms with Crippen molar-refractivity contribution in [2.75, 3.05) is 7.05 Å². The summed E-state index contributed by atoms with van der Waals surface area (Å²) in [6.07, 6.45) is 1.78. The molecule has 0 fully saturated rings. The Labute approximate surface area is 133 Å². The highest BCUT2D eigenvalue weighted by Gasteiger charge is 2.08. The summed E-state index contributed by atoms with van der Waals surface area (Å²) < 4.78 is 15.2. The molecule has 118 valence electrons. The minimum atomic E-state index is -0.221. The standard InChI is InChI=1S/C18H18FN3O/c1-13-7-8-17-20-15(9-18(23)22(17)10-13)12-21(2)11-14-5-3-4-6-16(14)19/h3-10H,11-12H2,1-2H3. The highest BCUT2D eigenvalue weighted by Crippen LogP contribution is 2.11. The lowest BCUT2D eigenvalue weighted by molar-refractivity contribution is 0.310. The van der Waals surface area contributed by atoms with E-state index in [9.17, 15) is 9.18 Å². The van der Waals surface area contributed by atoms with Crippen LogP contribution in [0.25, 0.3) is 5.65 Å². The first-order valence-corrected chi connectivity index (χ1v) is 7.44. The highest BCUT2D eigenvalue weighted by atomic mass is 19.1. The lowest BCUT2D eigenvalue weighted by atomic mass is 10.2. The summed E-state index contributed by atoms with van der Waals surface area (Å²) in [5.41, 5.74) is 2.83. The van der Waals surface area contributed by atoms with Crippen LogP contribution in [0.5, 0.6) is 0 Å². The summed E-state index contributed by atoms with van der Waals surface area (Å²) in [7, 11) is 1.88. The zero-order chi connectivity index (χ0) is 16.4. The Hall–Kier alpha value is -2.53. The molecule has 2 heterocycles. The number of rotatable bonds is 4. The van der Waals surface area contributed by atoms with Gasteiger partial charge in [-0.15, -0.1) is 0 Å². The van der Waals surface area contributed by atoms with Crippen LogP contribution in [0.1, 0.15) is 16.8 Å². The van der Waals surface area contributed by atoms with Crippen LogP contribution in [0.3, 0.4) is 0 Å². The van der Waals surface area contributed by atoms with Gasteiger partial charge in [0.1, 0.15) is 11.5 Å². The Morgan fingerprint density at radius 3 is 2.74 bits per heavy atom. The SMILES string of the molecule is Cc1ccc2nc(CN(C)Cc3ccccc3F)cc(=O)n2c1. The maximum absolute atomic E-state index is 13.7. The maximum atomic E-state index is 13.7. The zero-order valence-corrected chi connectivity index (χ0v) is 13.2. The van der Waals surface area contributed by atoms with Crippen LogP contribution in [0, 0.1) is 12.7 Å². The minimum absolute atomic E-state index is 0.104. The second-order valence-corrected chi connectivity index (χ2v) is 5.78. The van der Waals surface area contributed by atoms with Crippen LogP contribution in [-0.2, 0) is 13.1 Å². The Morgan fingerprint density at radius 2 is 1.96 bits per heavy atom. The number of aromatic nitrogens is 2. The molecule has 0 bridgehead atoms. The molecule has 0 spiro atoms. The van der Waals surface area contributed by atoms with Crippen LogP contribution < -0.4 is 5.56 Å². The fourth-order valence-electron chi connectivity index (χ4n) is 2.59. The van der Waals surface area contributed by atoms with Gasteiger partial charge in [0.25, 0.3) is 5.56 Å². The van der Waals surface area contributed by atoms with Crippen molar-refractivity contribution in [3.8, 4) is 0 Å². The van der Waals surface area contributed by atoms with Crippen LogP contribution in [0.2, 0.25) is 0 Å². The van der Waals surface area contributed by atoms with Crippen LogP contribution in [0.15, 0.2) is 53.5 Å². The van der Waals surface area contributed by atoms with Crippen molar-refractivity contribution in [1.82, 2.24) is 14.3 Å². The van der Waals surface area contributed by atoms with Crippen molar-refractivity contribution >= 4 is 5.65 Å². The number of hydrogen-bond acceptors (Lipinski definition) is 3. The predicted octanol–water partition coefficient (Wildman–Crippen LogP) is 2.77. The van der Waals surface area contributed by atoms with Crippen LogP contribution in [0.4, 0.5) is 4.39 Å². The third-order valence-electron chi connectivity index (χ3n) is 3.69. The van der Waals surface area contributed by atoms with E-state index in [0.29, 0.717) is 30.0 Å². The third kappa shape index (κ3) is 3.46. The lowest BCUT2D eigenvalue weighted by Crippen LogP contribution is -2.22. The van der Waals surface area contributed by atoms with Crippen LogP contribution >= 0.6 is 0 Å². The van der Waals surface area contributed by atoms with E-state index in [1.54, 1.807) is 18.3 Å². The van der Waals surface area contributed by atoms with Crippen LogP contribution in [-0.4, -0.2) is 21.3 Å². The number of benzene rings is 1. The molecule has 0 atom stereocenters. The molecular weight excluding hydrogens is 293 g/mol. The molecule has 0 radical (unpaired) electrons. The molecule has 2 aromatic heterocycles. The molecule has 0 aliphatic rings. The summed E-state index contributed by atoms with van der Waals surface area (Å²) >= 11 is 0. The Bertz CT molecular complexity index is 904. The van der Waals surface area contributed by atoms with E-state index in [2.05, 4.69) is 4.98 Å². The minimum Gasteiger partial charge on any atom is -0.296 e. The molecule has 3 rings (SSSR count). The second kappa shape index (κ2) is 6.30. The normalized spacial score (nSPS) is 11.3. The van der Waals surface area contributed by atoms with Gasteiger partial charge in [-0.2, -0.15) is 0 Å². The summed E-state index contributed by atoms with van der Waals surface area (Å²) in [4.78, 5) is 18.6. The molecule has 0 unspecified atom stereocenters. The summed E-state index contributed by atoms with van der Waals surface area (Å²) in [5, 5.41) is 0. The van der Waals surface area contributed by atoms with Gasteiger partial charge in [0, 0.05) is 30.9 Å². The van der Waals surface area contributed by atoms with Gasteiger partial charge in [-0.1, -0.05) is 24.3 Å². The van der Waals surface area contributed by atoms with Gasteiger partial charge in [0.2, 0.25) is 0 Å². The lowest BCUT2D eigenvalue weighted by Gasteiger charge is -2.17. The van der Waals surface area contributed by atoms with Crippen molar-refractivity contribution in [2.45, 2.75) is 20.0 Å². The number of pyridine rings is 1. The van der Waals surface area contributed by atoms with Gasteiger partial charge < -0.3 is 0 Å². The summed E-state index contributed by atoms with van der Waals surface area (Å²) in [5.74, 6) is -0.221. The van der Waals surface area contributed by atoms with E-state index >= 15 is 0 Å². The number of nitrogens with zero attached hydrogens (tertiary/aromatic N) is 3. The molecule has 4 nitrogen and oxygen atoms in total. The fraction of sp³-hybridized carbons (Fsp3) is 0.222. The average Bonchev–Trinajstić information content (AvgIpc) is 2.50. The van der Waals surface area contributed by atoms with Crippen molar-refractivity contribution in [2.24, 2.45) is 0 Å². The van der Waals surface area contributed by atoms with E-state index in [4.69, 9.17) is 0 Å². The van der Waals surface area contributed by atoms with Crippen molar-refractivity contribution in [1.29, 1.82) is 0 Å². The van der Waals surface area contributed by atoms with Crippen molar-refractivity contribution < 1.29 is 4.39 Å². The van der Waals surface area contributed by atoms with E-state index in [-0.39, 0.29) is 11.4 Å². The van der Waals surface area contributed by atoms with Gasteiger partial charge in [-0.05, 0) is 31.7 Å². The number of fused-ring (bicyclic) bond motifs is 1. The monoisotopic (exact) mass is 311 g/mol. The first kappa shape index (κ1) is 15.4. The molecule has 0 saturated heterocycles. The molecule has 0 saturated carbocycles. The Balaban J connectivity index is 1.82. The molecule has 1 aromatic carbocycles. The zero-order valence-electron chi connectivity index (χ0n) is 13.2. The quantitative estimate of drug-likeness (QED) is 0.743. The molecule has 0 amide bonds. The summed E-state index contributed by atoms with van der Waals surface area (Å²) in [6.45, 7) is 2.87. The molecule has 3 aromatic rings. The number of halogens is 1. The van der Waals surface area contributed by atoms with Gasteiger partial charge in [0.15, 0.2) is 0 Å². The predicted molar refractivity (Wildman–Crippen MR) is 87.8 cm³/mol. The second-order valence-electron chi connectivity index (χ2n) is 5.78. The molecule has 23 heavy (non-hydrogen) atoms. The van der Waals surface area contributed by atoms with Gasteiger partial charge in [0.05, 0.1) is 5.69 Å². The van der Waals surface area contributed by atoms with E-state index < -0.39 is 0 Å². The fourth-order valence-corrected chi connectivity index (χ4v) is 2.59.